The quantitative estimate of drug-likeness (QED) is 0.914. The summed E-state index contributed by atoms with van der Waals surface area (Å²) in [7, 11) is 1.57. The molecule has 0 saturated heterocycles. The Morgan fingerprint density at radius 3 is 2.58 bits per heavy atom. The maximum Gasteiger partial charge on any atom is 0.224 e. The average Bonchev–Trinajstić information content (AvgIpc) is 2.75. The van der Waals surface area contributed by atoms with Gasteiger partial charge in [-0.25, -0.2) is 0 Å². The summed E-state index contributed by atoms with van der Waals surface area (Å²) in [6.07, 6.45) is 0. The molecule has 98 valence electrons. The second-order valence-electron chi connectivity index (χ2n) is 3.90. The van der Waals surface area contributed by atoms with Gasteiger partial charge >= 0.3 is 0 Å². The molecule has 5 nitrogen and oxygen atoms in total. The highest BCUT2D eigenvalue weighted by Gasteiger charge is 2.15. The van der Waals surface area contributed by atoms with E-state index >= 15 is 0 Å². The molecule has 0 spiro atoms. The number of nitrogens with zero attached hydrogens (tertiary/aromatic N) is 2. The summed E-state index contributed by atoms with van der Waals surface area (Å²) in [6, 6.07) is 11.0. The monoisotopic (exact) mass is 257 g/mol. The molecule has 0 saturated carbocycles. The lowest BCUT2D eigenvalue weighted by Gasteiger charge is -2.12. The van der Waals surface area contributed by atoms with Gasteiger partial charge in [-0.05, 0) is 19.1 Å². The van der Waals surface area contributed by atoms with Gasteiger partial charge in [0.05, 0.1) is 12.8 Å². The van der Waals surface area contributed by atoms with E-state index in [1.165, 1.54) is 0 Å². The number of hydrogen-bond donors (Lipinski definition) is 1. The van der Waals surface area contributed by atoms with E-state index in [-0.39, 0.29) is 0 Å². The summed E-state index contributed by atoms with van der Waals surface area (Å²) in [6.45, 7) is 2.53. The summed E-state index contributed by atoms with van der Waals surface area (Å²) < 4.78 is 12.7. The first kappa shape index (κ1) is 12.8. The minimum Gasteiger partial charge on any atom is -0.493 e. The summed E-state index contributed by atoms with van der Waals surface area (Å²) in [4.78, 5) is 0. The predicted molar refractivity (Wildman–Crippen MR) is 72.3 cm³/mol. The van der Waals surface area contributed by atoms with Crippen LogP contribution in [0.15, 0.2) is 30.3 Å². The maximum atomic E-state index is 9.05. The van der Waals surface area contributed by atoms with Gasteiger partial charge in [0.1, 0.15) is 11.8 Å². The fourth-order valence-corrected chi connectivity index (χ4v) is 1.88. The summed E-state index contributed by atoms with van der Waals surface area (Å²) in [5.41, 5.74) is 6.81. The van der Waals surface area contributed by atoms with Gasteiger partial charge in [-0.1, -0.05) is 12.1 Å². The molecule has 1 aromatic heterocycles. The molecule has 2 rings (SSSR count). The first-order chi connectivity index (χ1) is 9.21. The van der Waals surface area contributed by atoms with Crippen LogP contribution in [0.5, 0.6) is 17.4 Å². The lowest BCUT2D eigenvalue weighted by Crippen LogP contribution is -2.02. The fraction of sp³-hybridized carbons (Fsp3) is 0.214. The van der Waals surface area contributed by atoms with E-state index in [0.717, 1.165) is 0 Å². The second kappa shape index (κ2) is 5.36. The topological polar surface area (TPSA) is 73.2 Å². The molecule has 0 fully saturated rings. The van der Waals surface area contributed by atoms with Crippen LogP contribution in [0.25, 0.3) is 0 Å². The maximum absolute atomic E-state index is 9.05. The van der Waals surface area contributed by atoms with Crippen molar-refractivity contribution in [2.24, 2.45) is 0 Å². The molecule has 0 amide bonds. The van der Waals surface area contributed by atoms with Gasteiger partial charge in [-0.15, -0.1) is 0 Å². The van der Waals surface area contributed by atoms with Gasteiger partial charge in [-0.2, -0.15) is 5.26 Å². The van der Waals surface area contributed by atoms with Gasteiger partial charge < -0.3 is 19.8 Å². The number of nitrogens with two attached hydrogens (primary N) is 1. The standard InChI is InChI=1S/C14H15N3O2/c1-3-17-10(9-15)8-11(16)14(17)19-13-7-5-4-6-12(13)18-2/h4-8H,3,16H2,1-2H3. The number of methoxy groups -OCH3 is 1. The van der Waals surface area contributed by atoms with Crippen LogP contribution >= 0.6 is 0 Å². The normalized spacial score (nSPS) is 9.95. The molecule has 0 radical (unpaired) electrons. The molecule has 0 aliphatic rings. The van der Waals surface area contributed by atoms with Crippen molar-refractivity contribution in [2.75, 3.05) is 12.8 Å². The van der Waals surface area contributed by atoms with E-state index in [4.69, 9.17) is 20.5 Å². The third-order valence-electron chi connectivity index (χ3n) is 2.78. The number of rotatable bonds is 4. The minimum absolute atomic E-state index is 0.435. The lowest BCUT2D eigenvalue weighted by molar-refractivity contribution is 0.367. The van der Waals surface area contributed by atoms with Crippen molar-refractivity contribution in [1.29, 1.82) is 5.26 Å². The van der Waals surface area contributed by atoms with Crippen molar-refractivity contribution < 1.29 is 9.47 Å². The van der Waals surface area contributed by atoms with Crippen molar-refractivity contribution in [3.63, 3.8) is 0 Å². The first-order valence-electron chi connectivity index (χ1n) is 5.91. The Morgan fingerprint density at radius 1 is 1.32 bits per heavy atom. The molecule has 2 N–H and O–H groups in total. The van der Waals surface area contributed by atoms with Crippen LogP contribution in [0.4, 0.5) is 5.69 Å². The van der Waals surface area contributed by atoms with Gasteiger partial charge in [0.15, 0.2) is 11.5 Å². The van der Waals surface area contributed by atoms with E-state index in [1.54, 1.807) is 29.9 Å². The first-order valence-corrected chi connectivity index (χ1v) is 5.91. The molecule has 0 aliphatic carbocycles. The van der Waals surface area contributed by atoms with Gasteiger partial charge in [0, 0.05) is 12.6 Å². The number of nitriles is 1. The Bertz CT molecular complexity index is 626. The molecule has 0 atom stereocenters. The molecule has 2 aromatic rings. The van der Waals surface area contributed by atoms with Crippen LogP contribution in [-0.2, 0) is 6.54 Å². The zero-order valence-corrected chi connectivity index (χ0v) is 10.9. The molecular formula is C14H15N3O2. The van der Waals surface area contributed by atoms with Crippen LogP contribution in [0.1, 0.15) is 12.6 Å². The second-order valence-corrected chi connectivity index (χ2v) is 3.90. The summed E-state index contributed by atoms with van der Waals surface area (Å²) >= 11 is 0. The van der Waals surface area contributed by atoms with E-state index in [2.05, 4.69) is 6.07 Å². The van der Waals surface area contributed by atoms with Crippen molar-refractivity contribution in [1.82, 2.24) is 4.57 Å². The van der Waals surface area contributed by atoms with E-state index in [0.29, 0.717) is 35.3 Å². The summed E-state index contributed by atoms with van der Waals surface area (Å²) in [5, 5.41) is 9.05. The molecule has 5 heteroatoms. The van der Waals surface area contributed by atoms with E-state index in [9.17, 15) is 0 Å². The average molecular weight is 257 g/mol. The SMILES string of the molecule is CCn1c(C#N)cc(N)c1Oc1ccccc1OC. The predicted octanol–water partition coefficient (Wildman–Crippen LogP) is 2.76. The smallest absolute Gasteiger partial charge is 0.224 e. The fourth-order valence-electron chi connectivity index (χ4n) is 1.88. The minimum atomic E-state index is 0.435. The number of para-hydroxylation sites is 2. The molecule has 1 aromatic carbocycles. The molecule has 0 bridgehead atoms. The number of ether oxygens (including phenoxy) is 2. The molecule has 0 aliphatic heterocycles. The number of nitrogen functional groups attached to an aromatic ring is 1. The number of anilines is 1. The van der Waals surface area contributed by atoms with Crippen LogP contribution in [-0.4, -0.2) is 11.7 Å². The van der Waals surface area contributed by atoms with Gasteiger partial charge in [0.2, 0.25) is 5.88 Å². The van der Waals surface area contributed by atoms with Crippen molar-refractivity contribution in [3.05, 3.63) is 36.0 Å². The van der Waals surface area contributed by atoms with Crippen LogP contribution in [0.3, 0.4) is 0 Å². The highest BCUT2D eigenvalue weighted by molar-refractivity contribution is 5.57. The zero-order chi connectivity index (χ0) is 13.8. The molecule has 1 heterocycles. The highest BCUT2D eigenvalue weighted by Crippen LogP contribution is 2.35. The van der Waals surface area contributed by atoms with Crippen LogP contribution < -0.4 is 15.2 Å². The highest BCUT2D eigenvalue weighted by atomic mass is 16.5. The zero-order valence-electron chi connectivity index (χ0n) is 10.9. The Morgan fingerprint density at radius 2 is 2.00 bits per heavy atom. The third kappa shape index (κ3) is 2.33. The van der Waals surface area contributed by atoms with E-state index in [1.807, 2.05) is 19.1 Å². The molecule has 19 heavy (non-hydrogen) atoms. The largest absolute Gasteiger partial charge is 0.493 e. The Kier molecular flexibility index (Phi) is 3.62. The summed E-state index contributed by atoms with van der Waals surface area (Å²) in [5.74, 6) is 1.64. The van der Waals surface area contributed by atoms with Crippen molar-refractivity contribution in [3.8, 4) is 23.4 Å². The van der Waals surface area contributed by atoms with Crippen LogP contribution in [0.2, 0.25) is 0 Å². The molecular weight excluding hydrogens is 242 g/mol. The lowest BCUT2D eigenvalue weighted by atomic mass is 10.3. The van der Waals surface area contributed by atoms with Crippen molar-refractivity contribution in [2.45, 2.75) is 13.5 Å². The number of aromatic nitrogens is 1. The Hall–Kier alpha value is -2.61. The van der Waals surface area contributed by atoms with Crippen LogP contribution in [0, 0.1) is 11.3 Å². The number of benzene rings is 1. The van der Waals surface area contributed by atoms with Gasteiger partial charge in [0.25, 0.3) is 0 Å². The Balaban J connectivity index is 2.44. The number of hydrogen-bond acceptors (Lipinski definition) is 4. The van der Waals surface area contributed by atoms with Crippen molar-refractivity contribution >= 4 is 5.69 Å². The Labute approximate surface area is 111 Å². The van der Waals surface area contributed by atoms with E-state index < -0.39 is 0 Å². The molecule has 0 unspecified atom stereocenters. The van der Waals surface area contributed by atoms with Gasteiger partial charge in [-0.3, -0.25) is 0 Å². The third-order valence-corrected chi connectivity index (χ3v) is 2.78.